The van der Waals surface area contributed by atoms with Crippen LogP contribution in [0.5, 0.6) is 0 Å². The number of halogens is 2. The van der Waals surface area contributed by atoms with Crippen LogP contribution in [0.15, 0.2) is 30.3 Å². The van der Waals surface area contributed by atoms with E-state index in [0.717, 1.165) is 54.6 Å². The zero-order valence-corrected chi connectivity index (χ0v) is 16.4. The molecule has 0 amide bonds. The molecule has 2 aromatic rings. The van der Waals surface area contributed by atoms with Gasteiger partial charge in [0.15, 0.2) is 5.78 Å². The Balaban J connectivity index is 1.49. The summed E-state index contributed by atoms with van der Waals surface area (Å²) >= 11 is 6.24. The Kier molecular flexibility index (Phi) is 5.32. The van der Waals surface area contributed by atoms with Gasteiger partial charge in [-0.1, -0.05) is 30.7 Å². The molecule has 2 aliphatic rings. The fourth-order valence-electron chi connectivity index (χ4n) is 4.32. The molecule has 0 spiro atoms. The summed E-state index contributed by atoms with van der Waals surface area (Å²) in [5.41, 5.74) is 3.88. The molecule has 27 heavy (non-hydrogen) atoms. The topological polar surface area (TPSA) is 30.0 Å². The summed E-state index contributed by atoms with van der Waals surface area (Å²) in [6.45, 7) is 2.07. The van der Waals surface area contributed by atoms with Crippen molar-refractivity contribution in [2.24, 2.45) is 5.92 Å². The molecule has 2 saturated carbocycles. The first kappa shape index (κ1) is 18.6. The maximum Gasteiger partial charge on any atom is 0.184 e. The molecular weight excluding hydrogens is 361 g/mol. The van der Waals surface area contributed by atoms with Crippen molar-refractivity contribution >= 4 is 17.4 Å². The van der Waals surface area contributed by atoms with Gasteiger partial charge in [-0.2, -0.15) is 0 Å². The fourth-order valence-corrected chi connectivity index (χ4v) is 4.64. The molecule has 2 fully saturated rings. The summed E-state index contributed by atoms with van der Waals surface area (Å²) < 4.78 is 13.3. The number of carbonyl (C=O) groups is 1. The average molecular weight is 386 g/mol. The molecule has 0 atom stereocenters. The van der Waals surface area contributed by atoms with Crippen LogP contribution in [-0.2, 0) is 6.42 Å². The van der Waals surface area contributed by atoms with Crippen molar-refractivity contribution in [3.8, 4) is 0 Å². The van der Waals surface area contributed by atoms with Crippen LogP contribution >= 0.6 is 11.6 Å². The first-order valence-electron chi connectivity index (χ1n) is 10.1. The highest BCUT2D eigenvalue weighted by atomic mass is 35.5. The molecule has 142 valence electrons. The molecule has 2 aliphatic carbocycles. The zero-order chi connectivity index (χ0) is 19.0. The third-order valence-electron chi connectivity index (χ3n) is 6.10. The van der Waals surface area contributed by atoms with Crippen LogP contribution in [0.25, 0.3) is 0 Å². The quantitative estimate of drug-likeness (QED) is 0.552. The summed E-state index contributed by atoms with van der Waals surface area (Å²) in [5, 5.41) is 0.498. The molecular formula is C23H25ClFNO. The number of ketones is 1. The number of aromatic nitrogens is 1. The molecule has 1 aromatic heterocycles. The molecule has 0 aliphatic heterocycles. The Labute approximate surface area is 165 Å². The third kappa shape index (κ3) is 3.94. The molecule has 4 rings (SSSR count). The van der Waals surface area contributed by atoms with Crippen LogP contribution in [0.3, 0.4) is 0 Å². The summed E-state index contributed by atoms with van der Waals surface area (Å²) in [7, 11) is 0. The number of hydrogen-bond acceptors (Lipinski definition) is 2. The summed E-state index contributed by atoms with van der Waals surface area (Å²) in [6.07, 6.45) is 6.70. The predicted molar refractivity (Wildman–Crippen MR) is 106 cm³/mol. The highest BCUT2D eigenvalue weighted by Gasteiger charge is 2.34. The van der Waals surface area contributed by atoms with Gasteiger partial charge in [0.25, 0.3) is 0 Å². The summed E-state index contributed by atoms with van der Waals surface area (Å²) in [6, 6.07) is 8.84. The first-order valence-corrected chi connectivity index (χ1v) is 10.4. The Morgan fingerprint density at radius 1 is 1.04 bits per heavy atom. The normalized spacial score (nSPS) is 22.6. The van der Waals surface area contributed by atoms with Crippen molar-refractivity contribution in [2.45, 2.75) is 63.7 Å². The van der Waals surface area contributed by atoms with E-state index in [9.17, 15) is 9.18 Å². The molecule has 0 bridgehead atoms. The Morgan fingerprint density at radius 2 is 1.67 bits per heavy atom. The maximum atomic E-state index is 13.3. The van der Waals surface area contributed by atoms with Crippen molar-refractivity contribution in [3.63, 3.8) is 0 Å². The van der Waals surface area contributed by atoms with Crippen molar-refractivity contribution in [2.75, 3.05) is 0 Å². The highest BCUT2D eigenvalue weighted by molar-refractivity contribution is 6.31. The highest BCUT2D eigenvalue weighted by Crippen LogP contribution is 2.44. The molecule has 0 saturated heterocycles. The number of aryl methyl sites for hydroxylation is 1. The van der Waals surface area contributed by atoms with E-state index in [4.69, 9.17) is 16.6 Å². The molecule has 0 radical (unpaired) electrons. The smallest absolute Gasteiger partial charge is 0.184 e. The van der Waals surface area contributed by atoms with Crippen molar-refractivity contribution in [1.82, 2.24) is 4.98 Å². The third-order valence-corrected chi connectivity index (χ3v) is 6.42. The van der Waals surface area contributed by atoms with Crippen LogP contribution in [0.4, 0.5) is 4.39 Å². The van der Waals surface area contributed by atoms with E-state index in [1.165, 1.54) is 25.0 Å². The summed E-state index contributed by atoms with van der Waals surface area (Å²) in [4.78, 5) is 18.0. The van der Waals surface area contributed by atoms with Gasteiger partial charge < -0.3 is 0 Å². The number of rotatable bonds is 5. The van der Waals surface area contributed by atoms with E-state index in [1.807, 2.05) is 0 Å². The van der Waals surface area contributed by atoms with E-state index in [2.05, 4.69) is 19.1 Å². The monoisotopic (exact) mass is 385 g/mol. The van der Waals surface area contributed by atoms with E-state index in [0.29, 0.717) is 16.9 Å². The number of Topliss-reactive ketones (excluding diaryl/α,β-unsaturated/α-hetero) is 1. The lowest BCUT2D eigenvalue weighted by atomic mass is 9.76. The number of pyridine rings is 1. The molecule has 4 heteroatoms. The van der Waals surface area contributed by atoms with Gasteiger partial charge in [0, 0.05) is 16.6 Å². The van der Waals surface area contributed by atoms with Gasteiger partial charge in [-0.3, -0.25) is 4.79 Å². The second-order valence-corrected chi connectivity index (χ2v) is 8.35. The van der Waals surface area contributed by atoms with Crippen molar-refractivity contribution in [3.05, 3.63) is 63.7 Å². The predicted octanol–water partition coefficient (Wildman–Crippen LogP) is 6.47. The van der Waals surface area contributed by atoms with Crippen molar-refractivity contribution in [1.29, 1.82) is 0 Å². The second-order valence-electron chi connectivity index (χ2n) is 7.95. The van der Waals surface area contributed by atoms with Crippen LogP contribution in [-0.4, -0.2) is 10.8 Å². The van der Waals surface area contributed by atoms with Crippen LogP contribution in [0.1, 0.15) is 84.6 Å². The van der Waals surface area contributed by atoms with Gasteiger partial charge in [0.2, 0.25) is 0 Å². The molecule has 0 unspecified atom stereocenters. The minimum atomic E-state index is -0.304. The lowest BCUT2D eigenvalue weighted by Crippen LogP contribution is -2.23. The van der Waals surface area contributed by atoms with E-state index < -0.39 is 0 Å². The van der Waals surface area contributed by atoms with Crippen molar-refractivity contribution < 1.29 is 9.18 Å². The number of carbonyl (C=O) groups excluding carboxylic acids is 1. The number of nitrogens with zero attached hydrogens (tertiary/aromatic N) is 1. The molecule has 1 heterocycles. The Morgan fingerprint density at radius 3 is 2.30 bits per heavy atom. The van der Waals surface area contributed by atoms with E-state index in [-0.39, 0.29) is 17.5 Å². The molecule has 1 aromatic carbocycles. The van der Waals surface area contributed by atoms with Gasteiger partial charge in [0.05, 0.1) is 0 Å². The standard InChI is InChI=1S/C23H25ClFNO/c1-2-18-10-12-20(15-3-4-15)22(26-18)23(27)16-7-5-14(6-8-16)19-11-9-17(25)13-21(19)24/h9-16H,2-8H2,1H3. The SMILES string of the molecule is CCc1ccc(C2CC2)c(C(=O)C2CCC(c3ccc(F)cc3Cl)CC2)n1. The maximum absolute atomic E-state index is 13.3. The average Bonchev–Trinajstić information content (AvgIpc) is 3.52. The van der Waals surface area contributed by atoms with Gasteiger partial charge in [-0.25, -0.2) is 9.37 Å². The Hall–Kier alpha value is -1.74. The van der Waals surface area contributed by atoms with E-state index >= 15 is 0 Å². The largest absolute Gasteiger partial charge is 0.292 e. The van der Waals surface area contributed by atoms with Crippen LogP contribution in [0, 0.1) is 11.7 Å². The number of hydrogen-bond donors (Lipinski definition) is 0. The minimum absolute atomic E-state index is 0.0394. The first-order chi connectivity index (χ1) is 13.1. The van der Waals surface area contributed by atoms with Gasteiger partial charge in [-0.15, -0.1) is 0 Å². The van der Waals surface area contributed by atoms with Crippen LogP contribution in [0.2, 0.25) is 5.02 Å². The molecule has 0 N–H and O–H groups in total. The minimum Gasteiger partial charge on any atom is -0.292 e. The zero-order valence-electron chi connectivity index (χ0n) is 15.7. The lowest BCUT2D eigenvalue weighted by Gasteiger charge is -2.28. The van der Waals surface area contributed by atoms with Gasteiger partial charge >= 0.3 is 0 Å². The van der Waals surface area contributed by atoms with Gasteiger partial charge in [-0.05, 0) is 86.1 Å². The molecule has 2 nitrogen and oxygen atoms in total. The lowest BCUT2D eigenvalue weighted by molar-refractivity contribution is 0.0877. The summed E-state index contributed by atoms with van der Waals surface area (Å²) in [5.74, 6) is 0.784. The Bertz CT molecular complexity index is 853. The van der Waals surface area contributed by atoms with E-state index in [1.54, 1.807) is 6.07 Å². The fraction of sp³-hybridized carbons (Fsp3) is 0.478. The second kappa shape index (κ2) is 7.71. The van der Waals surface area contributed by atoms with Crippen LogP contribution < -0.4 is 0 Å². The van der Waals surface area contributed by atoms with Gasteiger partial charge in [0.1, 0.15) is 11.5 Å². The number of benzene rings is 1.